The second kappa shape index (κ2) is 6.12. The molecule has 0 fully saturated rings. The normalized spacial score (nSPS) is 18.7. The topological polar surface area (TPSA) is 72.7 Å². The minimum absolute atomic E-state index is 0.0907. The molecule has 0 saturated heterocycles. The summed E-state index contributed by atoms with van der Waals surface area (Å²) in [4.78, 5) is 21.7. The second-order valence-electron chi connectivity index (χ2n) is 6.63. The highest BCUT2D eigenvalue weighted by Gasteiger charge is 2.37. The number of nitrogens with one attached hydrogen (secondary N) is 1. The quantitative estimate of drug-likeness (QED) is 0.756. The zero-order chi connectivity index (χ0) is 18.4. The molecular weight excluding hydrogens is 345 g/mol. The van der Waals surface area contributed by atoms with Gasteiger partial charge in [0.2, 0.25) is 5.95 Å². The molecule has 134 valence electrons. The van der Waals surface area contributed by atoms with Gasteiger partial charge in [-0.2, -0.15) is 4.98 Å². The Morgan fingerprint density at radius 1 is 1.11 bits per heavy atom. The molecule has 3 aromatic rings. The Labute approximate surface area is 154 Å². The van der Waals surface area contributed by atoms with E-state index in [-0.39, 0.29) is 17.4 Å². The van der Waals surface area contributed by atoms with Gasteiger partial charge in [-0.25, -0.2) is 9.07 Å². The third-order valence-electron chi connectivity index (χ3n) is 4.95. The van der Waals surface area contributed by atoms with E-state index in [2.05, 4.69) is 20.4 Å². The highest BCUT2D eigenvalue weighted by molar-refractivity contribution is 5.99. The standard InChI is InChI=1S/C20H16FN5O/c21-13-7-2-1-6-12(13)19-24-20-23-14-9-5-10-16(27)17(14)18(26(20)25-19)15-8-3-4-11-22-15/h1-4,6-8,11,18H,5,9-10H2,(H,23,24,25). The lowest BCUT2D eigenvalue weighted by Gasteiger charge is -2.31. The molecule has 1 unspecified atom stereocenters. The van der Waals surface area contributed by atoms with Crippen molar-refractivity contribution in [2.24, 2.45) is 0 Å². The molecular formula is C20H16FN5O. The molecule has 0 radical (unpaired) electrons. The predicted octanol–water partition coefficient (Wildman–Crippen LogP) is 3.50. The number of carbonyl (C=O) groups is 1. The van der Waals surface area contributed by atoms with Crippen molar-refractivity contribution in [2.75, 3.05) is 5.32 Å². The number of carbonyl (C=O) groups excluding carboxylic acids is 1. The van der Waals surface area contributed by atoms with Crippen molar-refractivity contribution < 1.29 is 9.18 Å². The van der Waals surface area contributed by atoms with Gasteiger partial charge in [0.05, 0.1) is 11.3 Å². The van der Waals surface area contributed by atoms with Crippen LogP contribution in [0.25, 0.3) is 11.4 Å². The molecule has 1 atom stereocenters. The Morgan fingerprint density at radius 2 is 1.96 bits per heavy atom. The molecule has 0 saturated carbocycles. The maximum absolute atomic E-state index is 14.2. The molecule has 0 amide bonds. The van der Waals surface area contributed by atoms with Crippen molar-refractivity contribution in [3.05, 3.63) is 71.4 Å². The summed E-state index contributed by atoms with van der Waals surface area (Å²) < 4.78 is 15.9. The maximum Gasteiger partial charge on any atom is 0.226 e. The Morgan fingerprint density at radius 3 is 2.78 bits per heavy atom. The van der Waals surface area contributed by atoms with Crippen molar-refractivity contribution >= 4 is 11.7 Å². The number of Topliss-reactive ketones (excluding diaryl/α,β-unsaturated/α-hetero) is 1. The molecule has 5 rings (SSSR count). The van der Waals surface area contributed by atoms with Crippen LogP contribution < -0.4 is 5.32 Å². The number of hydrogen-bond acceptors (Lipinski definition) is 5. The average molecular weight is 361 g/mol. The first-order chi connectivity index (χ1) is 13.2. The summed E-state index contributed by atoms with van der Waals surface area (Å²) in [5.41, 5.74) is 2.58. The van der Waals surface area contributed by atoms with Gasteiger partial charge < -0.3 is 5.32 Å². The molecule has 1 aliphatic heterocycles. The van der Waals surface area contributed by atoms with Crippen LogP contribution in [0.1, 0.15) is 31.0 Å². The zero-order valence-corrected chi connectivity index (χ0v) is 14.4. The SMILES string of the molecule is O=C1CCCC2=C1C(c1ccccn1)n1nc(-c3ccccc3F)nc1N2. The minimum atomic E-state index is -0.460. The van der Waals surface area contributed by atoms with Gasteiger partial charge in [0.1, 0.15) is 11.9 Å². The lowest BCUT2D eigenvalue weighted by Crippen LogP contribution is -2.32. The first kappa shape index (κ1) is 15.9. The molecule has 1 aromatic carbocycles. The molecule has 0 spiro atoms. The zero-order valence-electron chi connectivity index (χ0n) is 14.4. The smallest absolute Gasteiger partial charge is 0.226 e. The van der Waals surface area contributed by atoms with Crippen LogP contribution in [-0.4, -0.2) is 25.5 Å². The summed E-state index contributed by atoms with van der Waals surface area (Å²) in [6, 6.07) is 11.5. The van der Waals surface area contributed by atoms with Crippen LogP contribution >= 0.6 is 0 Å². The number of nitrogens with zero attached hydrogens (tertiary/aromatic N) is 4. The molecule has 2 aromatic heterocycles. The van der Waals surface area contributed by atoms with Gasteiger partial charge in [-0.3, -0.25) is 9.78 Å². The summed E-state index contributed by atoms with van der Waals surface area (Å²) >= 11 is 0. The highest BCUT2D eigenvalue weighted by atomic mass is 19.1. The molecule has 0 bridgehead atoms. The Hall–Kier alpha value is -3.35. The summed E-state index contributed by atoms with van der Waals surface area (Å²) in [6.45, 7) is 0. The van der Waals surface area contributed by atoms with Gasteiger partial charge >= 0.3 is 0 Å². The van der Waals surface area contributed by atoms with Gasteiger partial charge in [-0.05, 0) is 37.1 Å². The summed E-state index contributed by atoms with van der Waals surface area (Å²) in [6.07, 6.45) is 3.77. The van der Waals surface area contributed by atoms with Crippen LogP contribution in [0.15, 0.2) is 59.9 Å². The fraction of sp³-hybridized carbons (Fsp3) is 0.200. The van der Waals surface area contributed by atoms with Gasteiger partial charge in [0, 0.05) is 23.9 Å². The van der Waals surface area contributed by atoms with Gasteiger partial charge in [0.15, 0.2) is 11.6 Å². The average Bonchev–Trinajstić information content (AvgIpc) is 3.11. The number of fused-ring (bicyclic) bond motifs is 1. The number of hydrogen-bond donors (Lipinski definition) is 1. The van der Waals surface area contributed by atoms with Crippen molar-refractivity contribution in [1.29, 1.82) is 0 Å². The lowest BCUT2D eigenvalue weighted by atomic mass is 9.87. The predicted molar refractivity (Wildman–Crippen MR) is 97.3 cm³/mol. The van der Waals surface area contributed by atoms with Crippen LogP contribution in [0.5, 0.6) is 0 Å². The van der Waals surface area contributed by atoms with E-state index in [0.29, 0.717) is 29.2 Å². The number of pyridine rings is 1. The van der Waals surface area contributed by atoms with E-state index in [1.807, 2.05) is 18.2 Å². The number of anilines is 1. The molecule has 1 aliphatic carbocycles. The van der Waals surface area contributed by atoms with Crippen LogP contribution in [0, 0.1) is 5.82 Å². The van der Waals surface area contributed by atoms with E-state index in [9.17, 15) is 9.18 Å². The monoisotopic (exact) mass is 361 g/mol. The van der Waals surface area contributed by atoms with Crippen LogP contribution in [-0.2, 0) is 4.79 Å². The number of ketones is 1. The van der Waals surface area contributed by atoms with Crippen LogP contribution in [0.2, 0.25) is 0 Å². The second-order valence-corrected chi connectivity index (χ2v) is 6.63. The van der Waals surface area contributed by atoms with Crippen LogP contribution in [0.3, 0.4) is 0 Å². The largest absolute Gasteiger partial charge is 0.328 e. The first-order valence-electron chi connectivity index (χ1n) is 8.88. The molecule has 2 aliphatic rings. The summed E-state index contributed by atoms with van der Waals surface area (Å²) in [5, 5.41) is 7.78. The minimum Gasteiger partial charge on any atom is -0.328 e. The Bertz CT molecular complexity index is 1070. The van der Waals surface area contributed by atoms with E-state index in [4.69, 9.17) is 0 Å². The number of halogens is 1. The highest BCUT2D eigenvalue weighted by Crippen LogP contribution is 2.40. The van der Waals surface area contributed by atoms with E-state index in [0.717, 1.165) is 18.5 Å². The fourth-order valence-corrected chi connectivity index (χ4v) is 3.72. The number of aromatic nitrogens is 4. The Balaban J connectivity index is 1.70. The first-order valence-corrected chi connectivity index (χ1v) is 8.88. The molecule has 7 heteroatoms. The molecule has 27 heavy (non-hydrogen) atoms. The van der Waals surface area contributed by atoms with Crippen molar-refractivity contribution in [3.63, 3.8) is 0 Å². The third kappa shape index (κ3) is 2.54. The van der Waals surface area contributed by atoms with E-state index >= 15 is 0 Å². The summed E-state index contributed by atoms with van der Waals surface area (Å²) in [7, 11) is 0. The number of benzene rings is 1. The summed E-state index contributed by atoms with van der Waals surface area (Å²) in [5.74, 6) is 0.484. The molecule has 3 heterocycles. The third-order valence-corrected chi connectivity index (χ3v) is 4.95. The van der Waals surface area contributed by atoms with Crippen molar-refractivity contribution in [1.82, 2.24) is 19.7 Å². The van der Waals surface area contributed by atoms with Gasteiger partial charge in [-0.15, -0.1) is 5.10 Å². The number of allylic oxidation sites excluding steroid dienone is 2. The van der Waals surface area contributed by atoms with Gasteiger partial charge in [-0.1, -0.05) is 18.2 Å². The molecule has 1 N–H and O–H groups in total. The van der Waals surface area contributed by atoms with Crippen LogP contribution in [0.4, 0.5) is 10.3 Å². The van der Waals surface area contributed by atoms with E-state index in [1.54, 1.807) is 29.1 Å². The molecule has 6 nitrogen and oxygen atoms in total. The van der Waals surface area contributed by atoms with Crippen molar-refractivity contribution in [3.8, 4) is 11.4 Å². The Kier molecular flexibility index (Phi) is 3.60. The van der Waals surface area contributed by atoms with Crippen molar-refractivity contribution in [2.45, 2.75) is 25.3 Å². The van der Waals surface area contributed by atoms with Gasteiger partial charge in [0.25, 0.3) is 0 Å². The fourth-order valence-electron chi connectivity index (χ4n) is 3.72. The lowest BCUT2D eigenvalue weighted by molar-refractivity contribution is -0.116. The number of rotatable bonds is 2. The maximum atomic E-state index is 14.2. The van der Waals surface area contributed by atoms with E-state index < -0.39 is 6.04 Å². The van der Waals surface area contributed by atoms with E-state index in [1.165, 1.54) is 6.07 Å².